The fourth-order valence-electron chi connectivity index (χ4n) is 2.56. The Kier molecular flexibility index (Phi) is 3.43. The van der Waals surface area contributed by atoms with Crippen LogP contribution in [0, 0.1) is 0 Å². The molecule has 0 aromatic heterocycles. The van der Waals surface area contributed by atoms with E-state index in [9.17, 15) is 13.2 Å². The summed E-state index contributed by atoms with van der Waals surface area (Å²) < 4.78 is 23.6. The van der Waals surface area contributed by atoms with Gasteiger partial charge in [-0.2, -0.15) is 0 Å². The van der Waals surface area contributed by atoms with E-state index in [1.807, 2.05) is 0 Å². The number of hydrogen-bond acceptors (Lipinski definition) is 3. The van der Waals surface area contributed by atoms with Gasteiger partial charge in [0.05, 0.1) is 10.5 Å². The van der Waals surface area contributed by atoms with Crippen molar-refractivity contribution in [3.05, 3.63) is 29.3 Å². The molecule has 98 valence electrons. The molecular formula is C13H16O4S. The van der Waals surface area contributed by atoms with Crippen molar-refractivity contribution in [1.29, 1.82) is 0 Å². The second-order valence-corrected chi connectivity index (χ2v) is 6.80. The number of hydrogen-bond donors (Lipinski definition) is 1. The largest absolute Gasteiger partial charge is 0.478 e. The van der Waals surface area contributed by atoms with Gasteiger partial charge in [0.1, 0.15) is 0 Å². The molecule has 2 rings (SSSR count). The second-order valence-electron chi connectivity index (χ2n) is 4.81. The number of carboxylic acid groups (broad SMARTS) is 1. The number of sulfone groups is 1. The summed E-state index contributed by atoms with van der Waals surface area (Å²) in [4.78, 5) is 11.1. The molecule has 18 heavy (non-hydrogen) atoms. The van der Waals surface area contributed by atoms with Crippen LogP contribution in [0.3, 0.4) is 0 Å². The Morgan fingerprint density at radius 2 is 1.89 bits per heavy atom. The standard InChI is InChI=1S/C13H16O4S/c1-18(16,17)12-8-10(13(14)15)6-7-11(12)9-4-2-3-5-9/h6-9H,2-5H2,1H3,(H,14,15). The van der Waals surface area contributed by atoms with E-state index in [-0.39, 0.29) is 16.4 Å². The number of benzene rings is 1. The first-order valence-electron chi connectivity index (χ1n) is 5.97. The van der Waals surface area contributed by atoms with Crippen LogP contribution in [0.2, 0.25) is 0 Å². The minimum atomic E-state index is -3.39. The van der Waals surface area contributed by atoms with Crippen LogP contribution in [0.4, 0.5) is 0 Å². The van der Waals surface area contributed by atoms with E-state index in [4.69, 9.17) is 5.11 Å². The lowest BCUT2D eigenvalue weighted by atomic mass is 9.96. The molecule has 0 heterocycles. The SMILES string of the molecule is CS(=O)(=O)c1cc(C(=O)O)ccc1C1CCCC1. The average Bonchev–Trinajstić information content (AvgIpc) is 2.80. The zero-order valence-electron chi connectivity index (χ0n) is 10.2. The summed E-state index contributed by atoms with van der Waals surface area (Å²) >= 11 is 0. The average molecular weight is 268 g/mol. The van der Waals surface area contributed by atoms with Crippen LogP contribution in [0.25, 0.3) is 0 Å². The fourth-order valence-corrected chi connectivity index (χ4v) is 3.57. The molecule has 0 saturated heterocycles. The molecule has 0 unspecified atom stereocenters. The molecule has 1 fully saturated rings. The Labute approximate surface area is 107 Å². The molecule has 1 aliphatic rings. The Morgan fingerprint density at radius 3 is 2.39 bits per heavy atom. The van der Waals surface area contributed by atoms with Gasteiger partial charge in [0.15, 0.2) is 9.84 Å². The molecule has 1 aromatic rings. The molecule has 0 aliphatic heterocycles. The molecule has 4 nitrogen and oxygen atoms in total. The summed E-state index contributed by atoms with van der Waals surface area (Å²) in [5, 5.41) is 8.94. The van der Waals surface area contributed by atoms with Crippen LogP contribution in [0.15, 0.2) is 23.1 Å². The van der Waals surface area contributed by atoms with Crippen LogP contribution in [-0.4, -0.2) is 25.7 Å². The molecule has 0 amide bonds. The highest BCUT2D eigenvalue weighted by Gasteiger charge is 2.24. The Morgan fingerprint density at radius 1 is 1.28 bits per heavy atom. The third-order valence-corrected chi connectivity index (χ3v) is 4.61. The number of carboxylic acids is 1. The topological polar surface area (TPSA) is 71.4 Å². The maximum atomic E-state index is 11.8. The molecule has 0 atom stereocenters. The molecular weight excluding hydrogens is 252 g/mol. The van der Waals surface area contributed by atoms with Gasteiger partial charge in [0.25, 0.3) is 0 Å². The van der Waals surface area contributed by atoms with E-state index in [0.717, 1.165) is 37.5 Å². The summed E-state index contributed by atoms with van der Waals surface area (Å²) in [7, 11) is -3.39. The highest BCUT2D eigenvalue weighted by molar-refractivity contribution is 7.90. The van der Waals surface area contributed by atoms with Crippen molar-refractivity contribution in [2.75, 3.05) is 6.26 Å². The van der Waals surface area contributed by atoms with Gasteiger partial charge < -0.3 is 5.11 Å². The van der Waals surface area contributed by atoms with Crippen LogP contribution >= 0.6 is 0 Å². The molecule has 0 radical (unpaired) electrons. The molecule has 1 aromatic carbocycles. The van der Waals surface area contributed by atoms with Crippen LogP contribution in [-0.2, 0) is 9.84 Å². The highest BCUT2D eigenvalue weighted by Crippen LogP contribution is 2.37. The maximum absolute atomic E-state index is 11.8. The highest BCUT2D eigenvalue weighted by atomic mass is 32.2. The monoisotopic (exact) mass is 268 g/mol. The first kappa shape index (κ1) is 13.1. The lowest BCUT2D eigenvalue weighted by Crippen LogP contribution is -2.08. The van der Waals surface area contributed by atoms with Gasteiger partial charge in [-0.15, -0.1) is 0 Å². The number of aromatic carboxylic acids is 1. The Balaban J connectivity index is 2.55. The smallest absolute Gasteiger partial charge is 0.335 e. The summed E-state index contributed by atoms with van der Waals surface area (Å²) in [6.45, 7) is 0. The van der Waals surface area contributed by atoms with Gasteiger partial charge in [0, 0.05) is 6.26 Å². The van der Waals surface area contributed by atoms with Crippen molar-refractivity contribution in [3.8, 4) is 0 Å². The van der Waals surface area contributed by atoms with E-state index >= 15 is 0 Å². The predicted octanol–water partition coefficient (Wildman–Crippen LogP) is 2.45. The van der Waals surface area contributed by atoms with Gasteiger partial charge in [-0.1, -0.05) is 18.9 Å². The van der Waals surface area contributed by atoms with Crippen LogP contribution in [0.5, 0.6) is 0 Å². The first-order valence-corrected chi connectivity index (χ1v) is 7.86. The van der Waals surface area contributed by atoms with Crippen molar-refractivity contribution in [2.45, 2.75) is 36.5 Å². The quantitative estimate of drug-likeness (QED) is 0.914. The van der Waals surface area contributed by atoms with Crippen LogP contribution < -0.4 is 0 Å². The predicted molar refractivity (Wildman–Crippen MR) is 67.7 cm³/mol. The van der Waals surface area contributed by atoms with Crippen molar-refractivity contribution >= 4 is 15.8 Å². The Hall–Kier alpha value is -1.36. The molecule has 0 bridgehead atoms. The van der Waals surface area contributed by atoms with E-state index < -0.39 is 15.8 Å². The lowest BCUT2D eigenvalue weighted by molar-refractivity contribution is 0.0696. The fraction of sp³-hybridized carbons (Fsp3) is 0.462. The van der Waals surface area contributed by atoms with Crippen molar-refractivity contribution in [1.82, 2.24) is 0 Å². The van der Waals surface area contributed by atoms with E-state index in [2.05, 4.69) is 0 Å². The van der Waals surface area contributed by atoms with Gasteiger partial charge in [-0.3, -0.25) is 0 Å². The third kappa shape index (κ3) is 2.56. The summed E-state index contributed by atoms with van der Waals surface area (Å²) in [6.07, 6.45) is 5.30. The molecule has 0 spiro atoms. The van der Waals surface area contributed by atoms with Crippen molar-refractivity contribution in [3.63, 3.8) is 0 Å². The number of rotatable bonds is 3. The Bertz CT molecular complexity index is 569. The molecule has 1 aliphatic carbocycles. The summed E-state index contributed by atoms with van der Waals surface area (Å²) in [5.41, 5.74) is 0.803. The van der Waals surface area contributed by atoms with E-state index in [1.54, 1.807) is 6.07 Å². The van der Waals surface area contributed by atoms with Crippen molar-refractivity contribution in [2.24, 2.45) is 0 Å². The second kappa shape index (κ2) is 4.72. The van der Waals surface area contributed by atoms with Gasteiger partial charge in [-0.05, 0) is 36.5 Å². The zero-order chi connectivity index (χ0) is 13.3. The summed E-state index contributed by atoms with van der Waals surface area (Å²) in [5.74, 6) is -0.851. The zero-order valence-corrected chi connectivity index (χ0v) is 11.0. The van der Waals surface area contributed by atoms with Gasteiger partial charge in [0.2, 0.25) is 0 Å². The van der Waals surface area contributed by atoms with Crippen LogP contribution in [0.1, 0.15) is 47.5 Å². The molecule has 1 N–H and O–H groups in total. The lowest BCUT2D eigenvalue weighted by Gasteiger charge is -2.14. The van der Waals surface area contributed by atoms with Crippen molar-refractivity contribution < 1.29 is 18.3 Å². The number of carbonyl (C=O) groups is 1. The minimum Gasteiger partial charge on any atom is -0.478 e. The van der Waals surface area contributed by atoms with E-state index in [1.165, 1.54) is 12.1 Å². The van der Waals surface area contributed by atoms with Gasteiger partial charge in [-0.25, -0.2) is 13.2 Å². The molecule has 1 saturated carbocycles. The van der Waals surface area contributed by atoms with E-state index in [0.29, 0.717) is 0 Å². The van der Waals surface area contributed by atoms with Gasteiger partial charge >= 0.3 is 5.97 Å². The normalized spacial score (nSPS) is 16.9. The maximum Gasteiger partial charge on any atom is 0.335 e. The minimum absolute atomic E-state index is 0.0252. The first-order chi connectivity index (χ1) is 8.39. The summed E-state index contributed by atoms with van der Waals surface area (Å²) in [6, 6.07) is 4.44. The molecule has 5 heteroatoms. The third-order valence-electron chi connectivity index (χ3n) is 3.45.